The zero-order valence-electron chi connectivity index (χ0n) is 14.8. The number of nitrogens with zero attached hydrogens (tertiary/aromatic N) is 2. The lowest BCUT2D eigenvalue weighted by Crippen LogP contribution is -2.09. The van der Waals surface area contributed by atoms with Crippen LogP contribution in [0.25, 0.3) is 10.9 Å². The maximum Gasteiger partial charge on any atom is 0.341 e. The minimum absolute atomic E-state index is 0.0615. The number of rotatable bonds is 6. The summed E-state index contributed by atoms with van der Waals surface area (Å²) in [4.78, 5) is 27.3. The van der Waals surface area contributed by atoms with Crippen LogP contribution in [0, 0.1) is 10.1 Å². The van der Waals surface area contributed by atoms with Crippen molar-refractivity contribution in [3.63, 3.8) is 0 Å². The number of nitro benzene ring substituents is 1. The van der Waals surface area contributed by atoms with E-state index >= 15 is 0 Å². The van der Waals surface area contributed by atoms with E-state index in [-0.39, 0.29) is 17.9 Å². The molecule has 0 radical (unpaired) electrons. The van der Waals surface area contributed by atoms with Gasteiger partial charge in [-0.05, 0) is 19.1 Å². The number of nitrogens with one attached hydrogen (secondary N) is 1. The monoisotopic (exact) mass is 367 g/mol. The van der Waals surface area contributed by atoms with Crippen molar-refractivity contribution < 1.29 is 19.2 Å². The number of esters is 1. The number of ether oxygens (including phenoxy) is 2. The van der Waals surface area contributed by atoms with E-state index in [0.29, 0.717) is 28.0 Å². The Balaban J connectivity index is 2.18. The number of aromatic nitrogens is 1. The fourth-order valence-corrected chi connectivity index (χ4v) is 2.70. The van der Waals surface area contributed by atoms with Gasteiger partial charge in [0.05, 0.1) is 24.3 Å². The number of benzene rings is 2. The van der Waals surface area contributed by atoms with Crippen molar-refractivity contribution in [1.82, 2.24) is 4.98 Å². The Morgan fingerprint density at radius 3 is 2.74 bits per heavy atom. The van der Waals surface area contributed by atoms with E-state index in [1.54, 1.807) is 37.3 Å². The van der Waals surface area contributed by atoms with E-state index < -0.39 is 10.9 Å². The van der Waals surface area contributed by atoms with Crippen molar-refractivity contribution in [3.8, 4) is 5.75 Å². The first kappa shape index (κ1) is 18.1. The number of pyridine rings is 1. The number of carbonyl (C=O) groups is 1. The molecule has 8 heteroatoms. The second-order valence-electron chi connectivity index (χ2n) is 5.56. The Kier molecular flexibility index (Phi) is 5.16. The molecule has 1 aromatic heterocycles. The summed E-state index contributed by atoms with van der Waals surface area (Å²) in [6, 6.07) is 11.3. The molecular formula is C19H17N3O5. The van der Waals surface area contributed by atoms with Crippen molar-refractivity contribution in [2.24, 2.45) is 0 Å². The van der Waals surface area contributed by atoms with Crippen LogP contribution < -0.4 is 10.1 Å². The molecule has 2 aromatic carbocycles. The maximum absolute atomic E-state index is 12.4. The molecule has 0 unspecified atom stereocenters. The lowest BCUT2D eigenvalue weighted by molar-refractivity contribution is -0.384. The highest BCUT2D eigenvalue weighted by Crippen LogP contribution is 2.34. The molecule has 3 rings (SSSR count). The Labute approximate surface area is 154 Å². The van der Waals surface area contributed by atoms with Crippen LogP contribution in [0.2, 0.25) is 0 Å². The molecule has 0 bridgehead atoms. The Bertz CT molecular complexity index is 1020. The van der Waals surface area contributed by atoms with Gasteiger partial charge in [0.1, 0.15) is 16.8 Å². The minimum atomic E-state index is -0.539. The third-order valence-electron chi connectivity index (χ3n) is 3.90. The lowest BCUT2D eigenvalue weighted by Gasteiger charge is -2.15. The van der Waals surface area contributed by atoms with Crippen molar-refractivity contribution in [2.45, 2.75) is 6.92 Å². The van der Waals surface area contributed by atoms with Crippen molar-refractivity contribution in [1.29, 1.82) is 0 Å². The van der Waals surface area contributed by atoms with Crippen LogP contribution in [-0.4, -0.2) is 29.6 Å². The smallest absolute Gasteiger partial charge is 0.341 e. The maximum atomic E-state index is 12.4. The summed E-state index contributed by atoms with van der Waals surface area (Å²) in [5.41, 5.74) is 1.63. The first-order valence-electron chi connectivity index (χ1n) is 8.19. The first-order chi connectivity index (χ1) is 13.0. The molecule has 0 saturated carbocycles. The Morgan fingerprint density at radius 2 is 2.04 bits per heavy atom. The summed E-state index contributed by atoms with van der Waals surface area (Å²) in [5, 5.41) is 14.8. The van der Waals surface area contributed by atoms with Gasteiger partial charge in [0.15, 0.2) is 0 Å². The van der Waals surface area contributed by atoms with E-state index in [1.807, 2.05) is 0 Å². The number of carbonyl (C=O) groups excluding carboxylic acids is 1. The molecule has 0 aliphatic heterocycles. The Morgan fingerprint density at radius 1 is 1.26 bits per heavy atom. The molecule has 0 amide bonds. The average molecular weight is 367 g/mol. The van der Waals surface area contributed by atoms with E-state index in [4.69, 9.17) is 9.47 Å². The highest BCUT2D eigenvalue weighted by molar-refractivity contribution is 6.07. The molecule has 0 saturated heterocycles. The number of anilines is 2. The van der Waals surface area contributed by atoms with Gasteiger partial charge in [-0.1, -0.05) is 18.2 Å². The minimum Gasteiger partial charge on any atom is -0.494 e. The molecule has 0 aliphatic carbocycles. The van der Waals surface area contributed by atoms with E-state index in [0.717, 1.165) is 0 Å². The van der Waals surface area contributed by atoms with Gasteiger partial charge in [-0.2, -0.15) is 0 Å². The number of fused-ring (bicyclic) bond motifs is 1. The van der Waals surface area contributed by atoms with Crippen LogP contribution in [0.3, 0.4) is 0 Å². The van der Waals surface area contributed by atoms with Gasteiger partial charge in [-0.3, -0.25) is 15.1 Å². The fourth-order valence-electron chi connectivity index (χ4n) is 2.70. The summed E-state index contributed by atoms with van der Waals surface area (Å²) in [7, 11) is 1.53. The molecule has 3 aromatic rings. The molecule has 8 nitrogen and oxygen atoms in total. The van der Waals surface area contributed by atoms with Crippen LogP contribution >= 0.6 is 0 Å². The van der Waals surface area contributed by atoms with Crippen LogP contribution in [0.1, 0.15) is 17.3 Å². The lowest BCUT2D eigenvalue weighted by atomic mass is 10.1. The normalized spacial score (nSPS) is 10.4. The number of para-hydroxylation sites is 1. The highest BCUT2D eigenvalue weighted by atomic mass is 16.6. The van der Waals surface area contributed by atoms with Gasteiger partial charge in [-0.25, -0.2) is 4.79 Å². The SMILES string of the molecule is CCOC(=O)c1cnc2c(OC)cccc2c1Nc1cccc([N+](=O)[O-])c1. The average Bonchev–Trinajstić information content (AvgIpc) is 2.68. The fraction of sp³-hybridized carbons (Fsp3) is 0.158. The topological polar surface area (TPSA) is 104 Å². The summed E-state index contributed by atoms with van der Waals surface area (Å²) in [5.74, 6) is 0.00709. The van der Waals surface area contributed by atoms with Gasteiger partial charge < -0.3 is 14.8 Å². The quantitative estimate of drug-likeness (QED) is 0.398. The third kappa shape index (κ3) is 3.64. The molecule has 1 heterocycles. The standard InChI is InChI=1S/C19H17N3O5/c1-3-27-19(23)15-11-20-18-14(8-5-9-16(18)26-2)17(15)21-12-6-4-7-13(10-12)22(24)25/h4-11H,3H2,1-2H3,(H,20,21). The molecule has 0 spiro atoms. The summed E-state index contributed by atoms with van der Waals surface area (Å²) < 4.78 is 10.5. The summed E-state index contributed by atoms with van der Waals surface area (Å²) in [6.07, 6.45) is 1.41. The largest absolute Gasteiger partial charge is 0.494 e. The molecule has 138 valence electrons. The van der Waals surface area contributed by atoms with Gasteiger partial charge in [0.2, 0.25) is 0 Å². The van der Waals surface area contributed by atoms with Crippen molar-refractivity contribution in [3.05, 3.63) is 64.3 Å². The second-order valence-corrected chi connectivity index (χ2v) is 5.56. The zero-order chi connectivity index (χ0) is 19.4. The number of non-ortho nitro benzene ring substituents is 1. The Hall–Kier alpha value is -3.68. The number of nitro groups is 1. The molecular weight excluding hydrogens is 350 g/mol. The number of methoxy groups -OCH3 is 1. The molecule has 0 fully saturated rings. The van der Waals surface area contributed by atoms with E-state index in [9.17, 15) is 14.9 Å². The highest BCUT2D eigenvalue weighted by Gasteiger charge is 2.19. The predicted octanol–water partition coefficient (Wildman–Crippen LogP) is 4.07. The van der Waals surface area contributed by atoms with Crippen LogP contribution in [0.4, 0.5) is 17.1 Å². The van der Waals surface area contributed by atoms with Gasteiger partial charge in [0, 0.05) is 29.4 Å². The summed E-state index contributed by atoms with van der Waals surface area (Å²) >= 11 is 0. The van der Waals surface area contributed by atoms with Crippen LogP contribution in [0.15, 0.2) is 48.7 Å². The van der Waals surface area contributed by atoms with Crippen LogP contribution in [-0.2, 0) is 4.74 Å². The zero-order valence-corrected chi connectivity index (χ0v) is 14.8. The van der Waals surface area contributed by atoms with Gasteiger partial charge in [-0.15, -0.1) is 0 Å². The van der Waals surface area contributed by atoms with Gasteiger partial charge >= 0.3 is 5.97 Å². The van der Waals surface area contributed by atoms with E-state index in [1.165, 1.54) is 25.4 Å². The second kappa shape index (κ2) is 7.69. The van der Waals surface area contributed by atoms with Crippen LogP contribution in [0.5, 0.6) is 5.75 Å². The molecule has 0 atom stereocenters. The van der Waals surface area contributed by atoms with Crippen molar-refractivity contribution >= 4 is 33.9 Å². The van der Waals surface area contributed by atoms with Crippen molar-refractivity contribution in [2.75, 3.05) is 19.0 Å². The van der Waals surface area contributed by atoms with E-state index in [2.05, 4.69) is 10.3 Å². The van der Waals surface area contributed by atoms with Gasteiger partial charge in [0.25, 0.3) is 5.69 Å². The molecule has 27 heavy (non-hydrogen) atoms. The molecule has 0 aliphatic rings. The summed E-state index contributed by atoms with van der Waals surface area (Å²) in [6.45, 7) is 1.92. The third-order valence-corrected chi connectivity index (χ3v) is 3.90. The number of hydrogen-bond acceptors (Lipinski definition) is 7. The number of hydrogen-bond donors (Lipinski definition) is 1. The predicted molar refractivity (Wildman–Crippen MR) is 101 cm³/mol. The molecule has 1 N–H and O–H groups in total. The first-order valence-corrected chi connectivity index (χ1v) is 8.19.